The molecule has 1 aliphatic heterocycles. The van der Waals surface area contributed by atoms with Crippen LogP contribution in [-0.2, 0) is 6.61 Å². The Hall–Kier alpha value is -3.97. The lowest BCUT2D eigenvalue weighted by Gasteiger charge is -2.25. The minimum atomic E-state index is 0.184. The summed E-state index contributed by atoms with van der Waals surface area (Å²) in [4.78, 5) is 0. The van der Waals surface area contributed by atoms with Crippen LogP contribution >= 0.6 is 0 Å². The van der Waals surface area contributed by atoms with E-state index in [1.54, 1.807) is 36.4 Å². The van der Waals surface area contributed by atoms with Crippen molar-refractivity contribution in [2.75, 3.05) is 0 Å². The molecule has 134 valence electrons. The summed E-state index contributed by atoms with van der Waals surface area (Å²) in [6.07, 6.45) is 0. The molecule has 0 aromatic heterocycles. The first kappa shape index (κ1) is 16.2. The molecule has 0 saturated heterocycles. The van der Waals surface area contributed by atoms with Crippen LogP contribution in [0.1, 0.15) is 11.1 Å². The van der Waals surface area contributed by atoms with E-state index in [1.165, 1.54) is 0 Å². The first-order chi connectivity index (χ1) is 13.6. The van der Waals surface area contributed by atoms with Gasteiger partial charge in [0.15, 0.2) is 0 Å². The van der Waals surface area contributed by atoms with Crippen LogP contribution in [0.5, 0.6) is 17.2 Å². The van der Waals surface area contributed by atoms with Crippen LogP contribution in [0.2, 0.25) is 0 Å². The van der Waals surface area contributed by atoms with Crippen LogP contribution in [0.3, 0.4) is 0 Å². The number of benzene rings is 4. The van der Waals surface area contributed by atoms with Gasteiger partial charge in [-0.3, -0.25) is 0 Å². The molecule has 0 fully saturated rings. The van der Waals surface area contributed by atoms with Crippen LogP contribution in [0.15, 0.2) is 66.7 Å². The van der Waals surface area contributed by atoms with Gasteiger partial charge in [-0.05, 0) is 64.4 Å². The van der Waals surface area contributed by atoms with Crippen molar-refractivity contribution < 1.29 is 14.9 Å². The smallest absolute Gasteiger partial charge is 0.136 e. The number of aromatic hydroxyl groups is 2. The molecule has 0 amide bonds. The molecular formula is C24H15NO3. The molecule has 0 bridgehead atoms. The molecule has 0 aliphatic carbocycles. The van der Waals surface area contributed by atoms with E-state index < -0.39 is 0 Å². The molecule has 4 heteroatoms. The number of phenols is 2. The predicted molar refractivity (Wildman–Crippen MR) is 107 cm³/mol. The summed E-state index contributed by atoms with van der Waals surface area (Å²) in [6.45, 7) is 0.352. The highest BCUT2D eigenvalue weighted by atomic mass is 16.5. The summed E-state index contributed by atoms with van der Waals surface area (Å²) in [5.41, 5.74) is 5.27. The third-order valence-electron chi connectivity index (χ3n) is 5.13. The minimum absolute atomic E-state index is 0.184. The summed E-state index contributed by atoms with van der Waals surface area (Å²) in [6, 6.07) is 22.1. The highest BCUT2D eigenvalue weighted by Crippen LogP contribution is 2.48. The monoisotopic (exact) mass is 365 g/mol. The first-order valence-electron chi connectivity index (χ1n) is 8.89. The van der Waals surface area contributed by atoms with E-state index in [1.807, 2.05) is 30.3 Å². The van der Waals surface area contributed by atoms with E-state index in [-0.39, 0.29) is 11.5 Å². The second-order valence-electron chi connectivity index (χ2n) is 6.85. The van der Waals surface area contributed by atoms with Gasteiger partial charge in [-0.2, -0.15) is 5.26 Å². The van der Waals surface area contributed by atoms with E-state index in [0.29, 0.717) is 12.2 Å². The molecule has 0 unspecified atom stereocenters. The van der Waals surface area contributed by atoms with E-state index in [9.17, 15) is 10.2 Å². The SMILES string of the molecule is N#Cc1ccc(-c2c3c(cc4ccc(O)cc24)-c2ccc(O)cc2CO3)cc1. The molecule has 0 spiro atoms. The molecule has 2 N–H and O–H groups in total. The first-order valence-corrected chi connectivity index (χ1v) is 8.89. The maximum absolute atomic E-state index is 10.1. The van der Waals surface area contributed by atoms with Gasteiger partial charge in [0.25, 0.3) is 0 Å². The minimum Gasteiger partial charge on any atom is -0.508 e. The lowest BCUT2D eigenvalue weighted by atomic mass is 9.88. The van der Waals surface area contributed by atoms with E-state index in [2.05, 4.69) is 6.07 Å². The Labute approximate surface area is 161 Å². The highest BCUT2D eigenvalue weighted by Gasteiger charge is 2.24. The number of ether oxygens (including phenoxy) is 1. The predicted octanol–water partition coefficient (Wildman–Crippen LogP) is 5.35. The maximum atomic E-state index is 10.1. The van der Waals surface area contributed by atoms with Crippen LogP contribution < -0.4 is 4.74 Å². The van der Waals surface area contributed by atoms with Crippen molar-refractivity contribution in [3.8, 4) is 45.6 Å². The Morgan fingerprint density at radius 2 is 1.57 bits per heavy atom. The Bertz CT molecular complexity index is 1280. The number of nitrogens with zero attached hydrogens (tertiary/aromatic N) is 1. The molecule has 28 heavy (non-hydrogen) atoms. The van der Waals surface area contributed by atoms with Crippen LogP contribution in [0, 0.1) is 11.3 Å². The van der Waals surface area contributed by atoms with Gasteiger partial charge in [0.05, 0.1) is 11.6 Å². The maximum Gasteiger partial charge on any atom is 0.136 e. The van der Waals surface area contributed by atoms with E-state index in [4.69, 9.17) is 10.00 Å². The molecule has 4 aromatic rings. The lowest BCUT2D eigenvalue weighted by Crippen LogP contribution is -2.07. The quantitative estimate of drug-likeness (QED) is 0.477. The molecule has 4 aromatic carbocycles. The van der Waals surface area contributed by atoms with Crippen molar-refractivity contribution in [2.45, 2.75) is 6.61 Å². The van der Waals surface area contributed by atoms with Crippen molar-refractivity contribution in [3.63, 3.8) is 0 Å². The zero-order valence-corrected chi connectivity index (χ0v) is 14.8. The third kappa shape index (κ3) is 2.45. The van der Waals surface area contributed by atoms with Crippen molar-refractivity contribution in [3.05, 3.63) is 77.9 Å². The molecule has 0 atom stereocenters. The number of nitriles is 1. The van der Waals surface area contributed by atoms with Gasteiger partial charge in [0.2, 0.25) is 0 Å². The normalized spacial score (nSPS) is 12.0. The van der Waals surface area contributed by atoms with Crippen LogP contribution in [-0.4, -0.2) is 10.2 Å². The largest absolute Gasteiger partial charge is 0.508 e. The van der Waals surface area contributed by atoms with Gasteiger partial charge < -0.3 is 14.9 Å². The third-order valence-corrected chi connectivity index (χ3v) is 5.13. The topological polar surface area (TPSA) is 73.5 Å². The summed E-state index contributed by atoms with van der Waals surface area (Å²) in [5, 5.41) is 30.8. The number of phenolic OH excluding ortho intramolecular Hbond substituents is 2. The van der Waals surface area contributed by atoms with Gasteiger partial charge in [0.1, 0.15) is 23.9 Å². The number of hydrogen-bond donors (Lipinski definition) is 2. The number of rotatable bonds is 1. The van der Waals surface area contributed by atoms with Gasteiger partial charge >= 0.3 is 0 Å². The molecular weight excluding hydrogens is 350 g/mol. The van der Waals surface area contributed by atoms with E-state index >= 15 is 0 Å². The summed E-state index contributed by atoms with van der Waals surface area (Å²) >= 11 is 0. The summed E-state index contributed by atoms with van der Waals surface area (Å²) in [7, 11) is 0. The molecule has 0 saturated carbocycles. The fourth-order valence-corrected chi connectivity index (χ4v) is 3.82. The van der Waals surface area contributed by atoms with Crippen molar-refractivity contribution in [2.24, 2.45) is 0 Å². The van der Waals surface area contributed by atoms with Crippen molar-refractivity contribution >= 4 is 10.8 Å². The average Bonchev–Trinajstić information content (AvgIpc) is 2.72. The van der Waals surface area contributed by atoms with Gasteiger partial charge in [-0.15, -0.1) is 0 Å². The van der Waals surface area contributed by atoms with Gasteiger partial charge in [-0.1, -0.05) is 24.3 Å². The zero-order valence-electron chi connectivity index (χ0n) is 14.8. The summed E-state index contributed by atoms with van der Waals surface area (Å²) in [5.74, 6) is 1.13. The molecule has 1 aliphatic rings. The molecule has 1 heterocycles. The molecule has 4 nitrogen and oxygen atoms in total. The lowest BCUT2D eigenvalue weighted by molar-refractivity contribution is 0.303. The Morgan fingerprint density at radius 3 is 2.36 bits per heavy atom. The Kier molecular flexibility index (Phi) is 3.50. The van der Waals surface area contributed by atoms with Crippen molar-refractivity contribution in [1.29, 1.82) is 5.26 Å². The zero-order chi connectivity index (χ0) is 19.3. The Morgan fingerprint density at radius 1 is 0.821 bits per heavy atom. The van der Waals surface area contributed by atoms with E-state index in [0.717, 1.165) is 44.3 Å². The van der Waals surface area contributed by atoms with Gasteiger partial charge in [0, 0.05) is 16.7 Å². The second kappa shape index (κ2) is 6.04. The van der Waals surface area contributed by atoms with Gasteiger partial charge in [-0.25, -0.2) is 0 Å². The fraction of sp³-hybridized carbons (Fsp3) is 0.0417. The van der Waals surface area contributed by atoms with Crippen LogP contribution in [0.4, 0.5) is 0 Å². The van der Waals surface area contributed by atoms with Crippen LogP contribution in [0.25, 0.3) is 33.0 Å². The second-order valence-corrected chi connectivity index (χ2v) is 6.85. The molecule has 0 radical (unpaired) electrons. The number of hydrogen-bond acceptors (Lipinski definition) is 4. The van der Waals surface area contributed by atoms with Crippen molar-refractivity contribution in [1.82, 2.24) is 0 Å². The fourth-order valence-electron chi connectivity index (χ4n) is 3.82. The molecule has 5 rings (SSSR count). The average molecular weight is 365 g/mol. The standard InChI is InChI=1S/C24H15NO3/c25-12-14-1-3-15(4-2-14)23-21-11-19(27)6-5-16(21)10-22-20-8-7-18(26)9-17(20)13-28-24(22)23/h1-11,26-27H,13H2. The highest BCUT2D eigenvalue weighted by molar-refractivity contribution is 6.05. The Balaban J connectivity index is 1.86. The number of fused-ring (bicyclic) bond motifs is 4. The summed E-state index contributed by atoms with van der Waals surface area (Å²) < 4.78 is 6.14.